The van der Waals surface area contributed by atoms with Crippen molar-refractivity contribution in [2.75, 3.05) is 23.7 Å². The molecule has 0 fully saturated rings. The molecule has 0 atom stereocenters. The Morgan fingerprint density at radius 2 is 1.85 bits per heavy atom. The molecule has 0 amide bonds. The highest BCUT2D eigenvalue weighted by Gasteiger charge is 2.11. The van der Waals surface area contributed by atoms with Crippen LogP contribution >= 0.6 is 0 Å². The van der Waals surface area contributed by atoms with Crippen molar-refractivity contribution in [1.82, 2.24) is 14.8 Å². The molecule has 2 aromatic rings. The lowest BCUT2D eigenvalue weighted by Crippen LogP contribution is -2.14. The molecule has 0 spiro atoms. The largest absolute Gasteiger partial charge is 0.368 e. The van der Waals surface area contributed by atoms with Crippen LogP contribution in [0.25, 0.3) is 0 Å². The third-order valence-electron chi connectivity index (χ3n) is 2.66. The van der Waals surface area contributed by atoms with E-state index in [1.165, 1.54) is 0 Å². The molecule has 0 radical (unpaired) electrons. The maximum atomic E-state index is 13.6. The van der Waals surface area contributed by atoms with E-state index in [9.17, 15) is 8.78 Å². The number of aromatic nitrogens is 3. The fourth-order valence-electron chi connectivity index (χ4n) is 1.68. The molecule has 0 unspecified atom stereocenters. The van der Waals surface area contributed by atoms with Crippen LogP contribution < -0.4 is 10.6 Å². The Kier molecular flexibility index (Phi) is 4.86. The van der Waals surface area contributed by atoms with E-state index in [1.54, 1.807) is 10.9 Å². The number of hydrogen-bond donors (Lipinski definition) is 2. The second kappa shape index (κ2) is 6.83. The van der Waals surface area contributed by atoms with Crippen molar-refractivity contribution < 1.29 is 8.78 Å². The number of rotatable bonds is 7. The van der Waals surface area contributed by atoms with Crippen LogP contribution in [0.2, 0.25) is 0 Å². The van der Waals surface area contributed by atoms with Gasteiger partial charge in [-0.05, 0) is 12.5 Å². The number of nitrogens with zero attached hydrogens (tertiary/aromatic N) is 3. The van der Waals surface area contributed by atoms with Gasteiger partial charge < -0.3 is 10.6 Å². The number of anilines is 2. The summed E-state index contributed by atoms with van der Waals surface area (Å²) in [5.41, 5.74) is 0. The predicted molar refractivity (Wildman–Crippen MR) is 73.7 cm³/mol. The Hall–Kier alpha value is -2.18. The van der Waals surface area contributed by atoms with E-state index in [2.05, 4.69) is 20.7 Å². The molecule has 2 aromatic heterocycles. The SMILES string of the molecule is CCCNc1nc(NCCn2cccn2)c(F)cc1F. The van der Waals surface area contributed by atoms with Gasteiger partial charge in [0.05, 0.1) is 6.54 Å². The van der Waals surface area contributed by atoms with Gasteiger partial charge in [-0.3, -0.25) is 4.68 Å². The van der Waals surface area contributed by atoms with Crippen LogP contribution in [0, 0.1) is 11.6 Å². The summed E-state index contributed by atoms with van der Waals surface area (Å²) >= 11 is 0. The van der Waals surface area contributed by atoms with E-state index in [4.69, 9.17) is 0 Å². The maximum absolute atomic E-state index is 13.6. The second-order valence-corrected chi connectivity index (χ2v) is 4.27. The summed E-state index contributed by atoms with van der Waals surface area (Å²) < 4.78 is 28.8. The van der Waals surface area contributed by atoms with E-state index in [0.717, 1.165) is 12.5 Å². The smallest absolute Gasteiger partial charge is 0.168 e. The van der Waals surface area contributed by atoms with E-state index in [0.29, 0.717) is 19.6 Å². The average Bonchev–Trinajstić information content (AvgIpc) is 2.93. The highest BCUT2D eigenvalue weighted by Crippen LogP contribution is 2.18. The summed E-state index contributed by atoms with van der Waals surface area (Å²) in [5.74, 6) is -1.29. The zero-order chi connectivity index (χ0) is 14.4. The molecular formula is C13H17F2N5. The third-order valence-corrected chi connectivity index (χ3v) is 2.66. The highest BCUT2D eigenvalue weighted by atomic mass is 19.1. The van der Waals surface area contributed by atoms with Crippen LogP contribution in [0.4, 0.5) is 20.4 Å². The van der Waals surface area contributed by atoms with Gasteiger partial charge in [0.15, 0.2) is 23.3 Å². The van der Waals surface area contributed by atoms with E-state index >= 15 is 0 Å². The van der Waals surface area contributed by atoms with Gasteiger partial charge in [-0.25, -0.2) is 13.8 Å². The summed E-state index contributed by atoms with van der Waals surface area (Å²) in [6.45, 7) is 3.56. The van der Waals surface area contributed by atoms with Crippen LogP contribution in [-0.4, -0.2) is 27.9 Å². The molecule has 0 saturated carbocycles. The van der Waals surface area contributed by atoms with Crippen LogP contribution in [-0.2, 0) is 6.54 Å². The van der Waals surface area contributed by atoms with Gasteiger partial charge in [0.25, 0.3) is 0 Å². The lowest BCUT2D eigenvalue weighted by atomic mass is 10.3. The number of nitrogens with one attached hydrogen (secondary N) is 2. The molecule has 2 heterocycles. The van der Waals surface area contributed by atoms with Crippen molar-refractivity contribution in [3.8, 4) is 0 Å². The molecule has 7 heteroatoms. The van der Waals surface area contributed by atoms with Crippen molar-refractivity contribution >= 4 is 11.6 Å². The first kappa shape index (κ1) is 14.2. The fourth-order valence-corrected chi connectivity index (χ4v) is 1.68. The monoisotopic (exact) mass is 281 g/mol. The second-order valence-electron chi connectivity index (χ2n) is 4.27. The Labute approximate surface area is 116 Å². The molecule has 2 rings (SSSR count). The Bertz CT molecular complexity index is 542. The standard InChI is InChI=1S/C13H17F2N5/c1-2-4-16-12-10(14)9-11(15)13(19-12)17-6-8-20-7-3-5-18-20/h3,5,7,9H,2,4,6,8H2,1H3,(H2,16,17,19). The first-order valence-electron chi connectivity index (χ1n) is 6.52. The molecule has 0 bridgehead atoms. The Morgan fingerprint density at radius 3 is 2.45 bits per heavy atom. The third kappa shape index (κ3) is 3.66. The molecule has 0 aliphatic carbocycles. The van der Waals surface area contributed by atoms with Gasteiger partial charge in [-0.15, -0.1) is 0 Å². The van der Waals surface area contributed by atoms with Crippen LogP contribution in [0.5, 0.6) is 0 Å². The van der Waals surface area contributed by atoms with Gasteiger partial charge >= 0.3 is 0 Å². The molecule has 0 aliphatic rings. The minimum absolute atomic E-state index is 0.0390. The Morgan fingerprint density at radius 1 is 1.15 bits per heavy atom. The first-order valence-corrected chi connectivity index (χ1v) is 6.52. The van der Waals surface area contributed by atoms with Crippen molar-refractivity contribution in [2.45, 2.75) is 19.9 Å². The van der Waals surface area contributed by atoms with Gasteiger partial charge in [-0.2, -0.15) is 5.10 Å². The lowest BCUT2D eigenvalue weighted by Gasteiger charge is -2.10. The van der Waals surface area contributed by atoms with E-state index < -0.39 is 11.6 Å². The summed E-state index contributed by atoms with van der Waals surface area (Å²) in [5, 5.41) is 9.70. The van der Waals surface area contributed by atoms with Gasteiger partial charge in [0.2, 0.25) is 0 Å². The molecule has 2 N–H and O–H groups in total. The number of hydrogen-bond acceptors (Lipinski definition) is 4. The van der Waals surface area contributed by atoms with Gasteiger partial charge in [-0.1, -0.05) is 6.92 Å². The minimum Gasteiger partial charge on any atom is -0.368 e. The summed E-state index contributed by atoms with van der Waals surface area (Å²) in [6, 6.07) is 2.64. The van der Waals surface area contributed by atoms with Gasteiger partial charge in [0, 0.05) is 31.5 Å². The molecule has 108 valence electrons. The van der Waals surface area contributed by atoms with E-state index in [-0.39, 0.29) is 11.6 Å². The first-order chi connectivity index (χ1) is 9.70. The molecule has 0 aromatic carbocycles. The summed E-state index contributed by atoms with van der Waals surface area (Å²) in [6.07, 6.45) is 4.31. The molecular weight excluding hydrogens is 264 g/mol. The van der Waals surface area contributed by atoms with Crippen LogP contribution in [0.15, 0.2) is 24.5 Å². The highest BCUT2D eigenvalue weighted by molar-refractivity contribution is 5.47. The van der Waals surface area contributed by atoms with Crippen molar-refractivity contribution in [1.29, 1.82) is 0 Å². The zero-order valence-corrected chi connectivity index (χ0v) is 11.2. The van der Waals surface area contributed by atoms with Gasteiger partial charge in [0.1, 0.15) is 0 Å². The quantitative estimate of drug-likeness (QED) is 0.818. The number of pyridine rings is 1. The van der Waals surface area contributed by atoms with Crippen molar-refractivity contribution in [3.63, 3.8) is 0 Å². The Balaban J connectivity index is 1.99. The average molecular weight is 281 g/mol. The minimum atomic E-state index is -0.704. The lowest BCUT2D eigenvalue weighted by molar-refractivity contribution is 0.575. The summed E-state index contributed by atoms with van der Waals surface area (Å²) in [4.78, 5) is 3.93. The van der Waals surface area contributed by atoms with Crippen LogP contribution in [0.3, 0.4) is 0 Å². The molecule has 0 saturated heterocycles. The van der Waals surface area contributed by atoms with Crippen molar-refractivity contribution in [2.24, 2.45) is 0 Å². The maximum Gasteiger partial charge on any atom is 0.168 e. The fraction of sp³-hybridized carbons (Fsp3) is 0.385. The normalized spacial score (nSPS) is 10.6. The topological polar surface area (TPSA) is 54.8 Å². The van der Waals surface area contributed by atoms with E-state index in [1.807, 2.05) is 19.2 Å². The zero-order valence-electron chi connectivity index (χ0n) is 11.2. The molecule has 0 aliphatic heterocycles. The molecule has 5 nitrogen and oxygen atoms in total. The van der Waals surface area contributed by atoms with Crippen LogP contribution in [0.1, 0.15) is 13.3 Å². The number of halogens is 2. The molecule has 20 heavy (non-hydrogen) atoms. The summed E-state index contributed by atoms with van der Waals surface area (Å²) in [7, 11) is 0. The predicted octanol–water partition coefficient (Wildman–Crippen LogP) is 2.49. The van der Waals surface area contributed by atoms with Crippen molar-refractivity contribution in [3.05, 3.63) is 36.2 Å².